The maximum absolute atomic E-state index is 13.4. The molecule has 3 heterocycles. The lowest BCUT2D eigenvalue weighted by Gasteiger charge is -2.35. The van der Waals surface area contributed by atoms with Crippen molar-refractivity contribution in [3.63, 3.8) is 0 Å². The van der Waals surface area contributed by atoms with E-state index in [0.29, 0.717) is 37.9 Å². The van der Waals surface area contributed by atoms with Crippen molar-refractivity contribution in [1.29, 1.82) is 5.26 Å². The molecule has 0 radical (unpaired) electrons. The quantitative estimate of drug-likeness (QED) is 0.0247. The highest BCUT2D eigenvalue weighted by molar-refractivity contribution is 8.00. The highest BCUT2D eigenvalue weighted by atomic mass is 32.2. The van der Waals surface area contributed by atoms with E-state index in [1.54, 1.807) is 24.1 Å². The van der Waals surface area contributed by atoms with Crippen molar-refractivity contribution in [3.05, 3.63) is 53.3 Å². The number of hydrogen-bond donors (Lipinski definition) is 6. The first-order valence-corrected chi connectivity index (χ1v) is 25.6. The summed E-state index contributed by atoms with van der Waals surface area (Å²) in [5, 5.41) is 52.6. The SMILES string of the molecule is CSC1CC(=O)N(C(CN)C(=O)CCCC(=O)Nc2cc(C[n+]3ccc(CC(CCCCCCCCC(=O)N(C)CC4(CO)CCCC4)=NC#N)cc3)cc(C)c2OC2OCC(O)[C@H](O)[C@@H]2O)C1=O. The summed E-state index contributed by atoms with van der Waals surface area (Å²) in [5.74, 6) is -1.46. The number of aliphatic imine (C=N–C) groups is 1. The molecule has 378 valence electrons. The highest BCUT2D eigenvalue weighted by Gasteiger charge is 2.44. The van der Waals surface area contributed by atoms with Crippen molar-refractivity contribution >= 4 is 52.6 Å². The van der Waals surface area contributed by atoms with Crippen LogP contribution in [0.3, 0.4) is 0 Å². The first-order chi connectivity index (χ1) is 33.1. The average molecular weight is 979 g/mol. The molecule has 4 unspecified atom stereocenters. The monoisotopic (exact) mass is 979 g/mol. The molecule has 0 spiro atoms. The standard InChI is InChI=1S/C50H71N7O11S/c1-33-23-35(28-56-21-17-34(18-22-56)24-36(53-32-52)13-8-6-4-5-7-9-16-43(62)55(2)30-50(31-58)19-10-11-20-50)25-37(47(33)68-49-46(65)45(64)40(60)29-67-49)54-42(61)15-12-14-39(59)38(27-51)57-44(63)26-41(69-3)48(57)66/h17-18,21-23,25,38,40-41,45-46,49,58,60,64-65H,4-16,19-20,24,26-31,51H2,1-3H3/p+1/t38?,40?,41?,45-,46-,49?/m0/s1. The number of Topliss-reactive ketones (excluding diaryl/α,β-unsaturated/α-hetero) is 1. The number of amides is 4. The summed E-state index contributed by atoms with van der Waals surface area (Å²) in [7, 11) is 1.85. The number of unbranched alkanes of at least 4 members (excludes halogenated alkanes) is 5. The Hall–Kier alpha value is -4.81. The van der Waals surface area contributed by atoms with Gasteiger partial charge in [0.15, 0.2) is 24.7 Å². The van der Waals surface area contributed by atoms with Crippen LogP contribution in [0.15, 0.2) is 41.7 Å². The van der Waals surface area contributed by atoms with E-state index in [1.807, 2.05) is 48.4 Å². The van der Waals surface area contributed by atoms with E-state index in [4.69, 9.17) is 15.2 Å². The number of aryl methyl sites for hydroxylation is 1. The Morgan fingerprint density at radius 3 is 2.33 bits per heavy atom. The molecule has 4 amide bonds. The van der Waals surface area contributed by atoms with E-state index >= 15 is 0 Å². The molecule has 1 aliphatic carbocycles. The van der Waals surface area contributed by atoms with Gasteiger partial charge in [0, 0.05) is 81.1 Å². The molecule has 5 rings (SSSR count). The second-order valence-corrected chi connectivity index (χ2v) is 19.9. The minimum absolute atomic E-state index is 0.00370. The molecule has 2 saturated heterocycles. The van der Waals surface area contributed by atoms with Crippen LogP contribution >= 0.6 is 11.8 Å². The van der Waals surface area contributed by atoms with Crippen molar-refractivity contribution in [1.82, 2.24) is 9.80 Å². The van der Waals surface area contributed by atoms with Gasteiger partial charge in [-0.05, 0) is 75.0 Å². The number of nitrogens with one attached hydrogen (secondary N) is 1. The van der Waals surface area contributed by atoms with Crippen molar-refractivity contribution in [2.45, 2.75) is 159 Å². The molecule has 18 nitrogen and oxygen atoms in total. The molecule has 7 N–H and O–H groups in total. The number of thioether (sulfide) groups is 1. The number of ketones is 1. The number of carbonyl (C=O) groups excluding carboxylic acids is 5. The van der Waals surface area contributed by atoms with E-state index in [2.05, 4.69) is 10.3 Å². The third-order valence-corrected chi connectivity index (χ3v) is 14.4. The molecule has 1 aromatic heterocycles. The molecule has 19 heteroatoms. The van der Waals surface area contributed by atoms with Crippen LogP contribution in [0.25, 0.3) is 0 Å². The number of likely N-dealkylation sites (tertiary alicyclic amines) is 1. The number of anilines is 1. The van der Waals surface area contributed by atoms with Gasteiger partial charge in [0.25, 0.3) is 0 Å². The maximum Gasteiger partial charge on any atom is 0.243 e. The number of nitrogens with zero attached hydrogens (tertiary/aromatic N) is 5. The zero-order chi connectivity index (χ0) is 50.1. The minimum atomic E-state index is -1.59. The number of carbonyl (C=O) groups is 5. The number of aliphatic hydroxyl groups excluding tert-OH is 4. The average Bonchev–Trinajstić information content (AvgIpc) is 3.91. The summed E-state index contributed by atoms with van der Waals surface area (Å²) in [4.78, 5) is 71.5. The van der Waals surface area contributed by atoms with Crippen LogP contribution in [-0.4, -0.2) is 141 Å². The van der Waals surface area contributed by atoms with Gasteiger partial charge in [0.2, 0.25) is 36.1 Å². The molecule has 1 aromatic carbocycles. The third-order valence-electron chi connectivity index (χ3n) is 13.5. The zero-order valence-corrected chi connectivity index (χ0v) is 41.2. The first kappa shape index (κ1) is 55.1. The van der Waals surface area contributed by atoms with Crippen LogP contribution in [-0.2, 0) is 41.7 Å². The molecule has 2 aliphatic heterocycles. The van der Waals surface area contributed by atoms with Crippen LogP contribution < -0.4 is 20.4 Å². The smallest absolute Gasteiger partial charge is 0.243 e. The molecule has 69 heavy (non-hydrogen) atoms. The first-order valence-electron chi connectivity index (χ1n) is 24.3. The Balaban J connectivity index is 1.13. The molecule has 1 saturated carbocycles. The summed E-state index contributed by atoms with van der Waals surface area (Å²) in [6.45, 7) is 2.38. The van der Waals surface area contributed by atoms with Gasteiger partial charge >= 0.3 is 0 Å². The van der Waals surface area contributed by atoms with Gasteiger partial charge in [0.1, 0.15) is 30.1 Å². The Morgan fingerprint density at radius 1 is 1.01 bits per heavy atom. The summed E-state index contributed by atoms with van der Waals surface area (Å²) in [5.41, 5.74) is 9.10. The lowest BCUT2D eigenvalue weighted by atomic mass is 9.86. The molecule has 3 fully saturated rings. The van der Waals surface area contributed by atoms with Crippen LogP contribution in [0, 0.1) is 23.8 Å². The van der Waals surface area contributed by atoms with Crippen LogP contribution in [0.2, 0.25) is 0 Å². The fraction of sp³-hybridized carbons (Fsp3) is 0.640. The number of nitrogens with two attached hydrogens (primary N) is 1. The van der Waals surface area contributed by atoms with Gasteiger partial charge < -0.3 is 45.9 Å². The number of hydrogen-bond acceptors (Lipinski definition) is 15. The maximum atomic E-state index is 13.4. The number of pyridine rings is 1. The van der Waals surface area contributed by atoms with Crippen LogP contribution in [0.4, 0.5) is 5.69 Å². The van der Waals surface area contributed by atoms with E-state index < -0.39 is 59.4 Å². The largest absolute Gasteiger partial charge is 0.460 e. The number of nitriles is 1. The second kappa shape index (κ2) is 27.0. The van der Waals surface area contributed by atoms with E-state index in [-0.39, 0.29) is 68.2 Å². The number of ether oxygens (including phenoxy) is 2. The van der Waals surface area contributed by atoms with E-state index in [1.165, 1.54) is 11.8 Å². The van der Waals surface area contributed by atoms with Crippen LogP contribution in [0.5, 0.6) is 5.75 Å². The Kier molecular flexibility index (Phi) is 21.5. The summed E-state index contributed by atoms with van der Waals surface area (Å²) in [6.07, 6.45) is 13.3. The second-order valence-electron chi connectivity index (χ2n) is 18.9. The van der Waals surface area contributed by atoms with Crippen LogP contribution in [0.1, 0.15) is 119 Å². The third kappa shape index (κ3) is 15.6. The Labute approximate surface area is 409 Å². The van der Waals surface area contributed by atoms with Gasteiger partial charge in [-0.15, -0.1) is 0 Å². The predicted molar refractivity (Wildman–Crippen MR) is 259 cm³/mol. The Morgan fingerprint density at radius 2 is 1.70 bits per heavy atom. The molecular weight excluding hydrogens is 907 g/mol. The van der Waals surface area contributed by atoms with Gasteiger partial charge in [0.05, 0.1) is 24.2 Å². The highest BCUT2D eigenvalue weighted by Crippen LogP contribution is 2.38. The summed E-state index contributed by atoms with van der Waals surface area (Å²) >= 11 is 1.24. The fourth-order valence-electron chi connectivity index (χ4n) is 9.50. The Bertz CT molecular complexity index is 2150. The molecule has 3 aliphatic rings. The summed E-state index contributed by atoms with van der Waals surface area (Å²) in [6, 6.07) is 6.38. The summed E-state index contributed by atoms with van der Waals surface area (Å²) < 4.78 is 13.5. The predicted octanol–water partition coefficient (Wildman–Crippen LogP) is 3.24. The fourth-order valence-corrected chi connectivity index (χ4v) is 10.1. The van der Waals surface area contributed by atoms with Crippen molar-refractivity contribution in [2.24, 2.45) is 16.1 Å². The molecule has 6 atom stereocenters. The van der Waals surface area contributed by atoms with Crippen molar-refractivity contribution < 1.29 is 58.4 Å². The lowest BCUT2D eigenvalue weighted by molar-refractivity contribution is -0.688. The van der Waals surface area contributed by atoms with Gasteiger partial charge in [-0.1, -0.05) is 38.5 Å². The number of imide groups is 1. The normalized spacial score (nSPS) is 21.8. The number of aliphatic hydroxyl groups is 4. The number of aromatic nitrogens is 1. The minimum Gasteiger partial charge on any atom is -0.460 e. The van der Waals surface area contributed by atoms with Crippen molar-refractivity contribution in [2.75, 3.05) is 44.9 Å². The van der Waals surface area contributed by atoms with Gasteiger partial charge in [-0.3, -0.25) is 28.9 Å². The molecule has 2 aromatic rings. The number of benzene rings is 1. The molecular formula is C50H72N7O11S+. The van der Waals surface area contributed by atoms with Crippen molar-refractivity contribution in [3.8, 4) is 11.9 Å². The van der Waals surface area contributed by atoms with E-state index in [0.717, 1.165) is 85.9 Å². The number of rotatable bonds is 27. The molecule has 0 bridgehead atoms. The van der Waals surface area contributed by atoms with Gasteiger partial charge in [-0.2, -0.15) is 22.0 Å². The lowest BCUT2D eigenvalue weighted by Crippen LogP contribution is -2.54. The van der Waals surface area contributed by atoms with E-state index in [9.17, 15) is 49.7 Å². The van der Waals surface area contributed by atoms with Gasteiger partial charge in [-0.25, -0.2) is 4.57 Å². The zero-order valence-electron chi connectivity index (χ0n) is 40.4. The topological polar surface area (TPSA) is 269 Å².